The van der Waals surface area contributed by atoms with Crippen LogP contribution in [0.2, 0.25) is 0 Å². The molecule has 0 saturated heterocycles. The van der Waals surface area contributed by atoms with Gasteiger partial charge < -0.3 is 15.2 Å². The largest absolute Gasteiger partial charge is 0.467 e. The van der Waals surface area contributed by atoms with Gasteiger partial charge in [-0.3, -0.25) is 4.79 Å². The van der Waals surface area contributed by atoms with E-state index in [-0.39, 0.29) is 12.5 Å². The molecule has 1 unspecified atom stereocenters. The predicted molar refractivity (Wildman–Crippen MR) is 48.4 cm³/mol. The second-order valence-corrected chi connectivity index (χ2v) is 3.49. The number of rotatable bonds is 5. The van der Waals surface area contributed by atoms with Crippen LogP contribution in [0.5, 0.6) is 0 Å². The van der Waals surface area contributed by atoms with Crippen molar-refractivity contribution in [3.63, 3.8) is 0 Å². The molecule has 0 aromatic rings. The van der Waals surface area contributed by atoms with E-state index in [4.69, 9.17) is 5.11 Å². The zero-order valence-electron chi connectivity index (χ0n) is 8.16. The van der Waals surface area contributed by atoms with Crippen LogP contribution < -0.4 is 5.32 Å². The number of methoxy groups -OCH3 is 1. The van der Waals surface area contributed by atoms with E-state index >= 15 is 0 Å². The third-order valence-electron chi connectivity index (χ3n) is 2.14. The minimum atomic E-state index is -1.26. The van der Waals surface area contributed by atoms with E-state index in [0.29, 0.717) is 12.3 Å². The number of hydrogen-bond donors (Lipinski definition) is 2. The van der Waals surface area contributed by atoms with E-state index in [1.165, 1.54) is 7.11 Å². The van der Waals surface area contributed by atoms with Gasteiger partial charge >= 0.3 is 5.97 Å². The summed E-state index contributed by atoms with van der Waals surface area (Å²) in [7, 11) is 1.19. The maximum Gasteiger partial charge on any atom is 0.336 e. The highest BCUT2D eigenvalue weighted by molar-refractivity contribution is 5.79. The molecule has 1 fully saturated rings. The van der Waals surface area contributed by atoms with Crippen LogP contribution in [0.3, 0.4) is 0 Å². The number of nitrogens with one attached hydrogen (secondary N) is 1. The quantitative estimate of drug-likeness (QED) is 0.584. The third-order valence-corrected chi connectivity index (χ3v) is 2.14. The van der Waals surface area contributed by atoms with Gasteiger partial charge in [0.05, 0.1) is 13.7 Å². The molecule has 1 aliphatic carbocycles. The minimum absolute atomic E-state index is 0.0712. The average molecular weight is 201 g/mol. The summed E-state index contributed by atoms with van der Waals surface area (Å²) in [6.07, 6.45) is 1.44. The molecule has 2 N–H and O–H groups in total. The first-order chi connectivity index (χ1) is 6.63. The van der Waals surface area contributed by atoms with Crippen LogP contribution in [0.15, 0.2) is 0 Å². The molecule has 0 spiro atoms. The molecule has 5 nitrogen and oxygen atoms in total. The highest BCUT2D eigenvalue weighted by Crippen LogP contribution is 2.31. The zero-order valence-corrected chi connectivity index (χ0v) is 8.16. The number of carbonyl (C=O) groups excluding carboxylic acids is 2. The lowest BCUT2D eigenvalue weighted by Crippen LogP contribution is -2.37. The predicted octanol–water partition coefficient (Wildman–Crippen LogP) is -0.563. The number of esters is 1. The van der Waals surface area contributed by atoms with Gasteiger partial charge in [-0.2, -0.15) is 0 Å². The number of amides is 1. The van der Waals surface area contributed by atoms with Crippen molar-refractivity contribution in [3.8, 4) is 0 Å². The van der Waals surface area contributed by atoms with Crippen molar-refractivity contribution in [2.24, 2.45) is 5.92 Å². The van der Waals surface area contributed by atoms with Crippen molar-refractivity contribution in [1.29, 1.82) is 0 Å². The number of aliphatic hydroxyl groups excluding tert-OH is 1. The number of aliphatic hydroxyl groups is 1. The second-order valence-electron chi connectivity index (χ2n) is 3.49. The molecule has 1 saturated carbocycles. The summed E-state index contributed by atoms with van der Waals surface area (Å²) in [5, 5.41) is 11.6. The summed E-state index contributed by atoms with van der Waals surface area (Å²) >= 11 is 0. The molecule has 14 heavy (non-hydrogen) atoms. The molecule has 1 amide bonds. The van der Waals surface area contributed by atoms with Crippen molar-refractivity contribution < 1.29 is 19.4 Å². The summed E-state index contributed by atoms with van der Waals surface area (Å²) < 4.78 is 4.30. The lowest BCUT2D eigenvalue weighted by atomic mass is 10.2. The molecular weight excluding hydrogens is 186 g/mol. The van der Waals surface area contributed by atoms with Crippen molar-refractivity contribution in [3.05, 3.63) is 0 Å². The van der Waals surface area contributed by atoms with Gasteiger partial charge in [0, 0.05) is 6.42 Å². The summed E-state index contributed by atoms with van der Waals surface area (Å²) in [5.74, 6) is -0.336. The van der Waals surface area contributed by atoms with Gasteiger partial charge in [0.25, 0.3) is 0 Å². The molecular formula is C9H15NO4. The summed E-state index contributed by atoms with van der Waals surface area (Å²) in [4.78, 5) is 21.9. The highest BCUT2D eigenvalue weighted by atomic mass is 16.5. The standard InChI is InChI=1S/C9H15NO4/c1-14-9(13)7(11)5-10-8(12)4-6-2-3-6/h6-7,11H,2-5H2,1H3,(H,10,12). The molecule has 1 rings (SSSR count). The van der Waals surface area contributed by atoms with E-state index in [0.717, 1.165) is 12.8 Å². The summed E-state index contributed by atoms with van der Waals surface area (Å²) in [6, 6.07) is 0. The number of hydrogen-bond acceptors (Lipinski definition) is 4. The molecule has 80 valence electrons. The van der Waals surface area contributed by atoms with Gasteiger partial charge in [-0.25, -0.2) is 4.79 Å². The van der Waals surface area contributed by atoms with E-state index in [1.54, 1.807) is 0 Å². The van der Waals surface area contributed by atoms with E-state index in [2.05, 4.69) is 10.1 Å². The third kappa shape index (κ3) is 3.74. The van der Waals surface area contributed by atoms with Crippen LogP contribution in [0.1, 0.15) is 19.3 Å². The van der Waals surface area contributed by atoms with E-state index in [9.17, 15) is 9.59 Å². The maximum atomic E-state index is 11.1. The normalized spacial score (nSPS) is 17.3. The summed E-state index contributed by atoms with van der Waals surface area (Å²) in [6.45, 7) is -0.0712. The Bertz CT molecular complexity index is 225. The van der Waals surface area contributed by atoms with Crippen LogP contribution in [-0.4, -0.2) is 36.7 Å². The Balaban J connectivity index is 2.11. The van der Waals surface area contributed by atoms with Crippen LogP contribution >= 0.6 is 0 Å². The molecule has 0 bridgehead atoms. The Hall–Kier alpha value is -1.10. The van der Waals surface area contributed by atoms with Gasteiger partial charge in [0.15, 0.2) is 6.10 Å². The number of ether oxygens (including phenoxy) is 1. The fourth-order valence-corrected chi connectivity index (χ4v) is 1.09. The number of carbonyl (C=O) groups is 2. The lowest BCUT2D eigenvalue weighted by Gasteiger charge is -2.09. The Labute approximate surface area is 82.4 Å². The van der Waals surface area contributed by atoms with E-state index < -0.39 is 12.1 Å². The molecule has 0 heterocycles. The SMILES string of the molecule is COC(=O)C(O)CNC(=O)CC1CC1. The first-order valence-electron chi connectivity index (χ1n) is 4.66. The van der Waals surface area contributed by atoms with Crippen molar-refractivity contribution in [2.45, 2.75) is 25.4 Å². The van der Waals surface area contributed by atoms with Crippen LogP contribution in [0, 0.1) is 5.92 Å². The fourth-order valence-electron chi connectivity index (χ4n) is 1.09. The van der Waals surface area contributed by atoms with Crippen LogP contribution in [-0.2, 0) is 14.3 Å². The van der Waals surface area contributed by atoms with E-state index in [1.807, 2.05) is 0 Å². The molecule has 0 aromatic heterocycles. The first-order valence-corrected chi connectivity index (χ1v) is 4.66. The van der Waals surface area contributed by atoms with Gasteiger partial charge in [0.2, 0.25) is 5.91 Å². The van der Waals surface area contributed by atoms with Gasteiger partial charge in [-0.15, -0.1) is 0 Å². The van der Waals surface area contributed by atoms with Crippen molar-refractivity contribution in [2.75, 3.05) is 13.7 Å². The Morgan fingerprint density at radius 1 is 1.57 bits per heavy atom. The topological polar surface area (TPSA) is 75.6 Å². The van der Waals surface area contributed by atoms with Crippen molar-refractivity contribution in [1.82, 2.24) is 5.32 Å². The molecule has 1 aliphatic rings. The molecule has 1 atom stereocenters. The molecule has 0 radical (unpaired) electrons. The summed E-state index contributed by atoms with van der Waals surface area (Å²) in [5.41, 5.74) is 0. The average Bonchev–Trinajstić information content (AvgIpc) is 2.96. The maximum absolute atomic E-state index is 11.1. The highest BCUT2D eigenvalue weighted by Gasteiger charge is 2.25. The monoisotopic (exact) mass is 201 g/mol. The fraction of sp³-hybridized carbons (Fsp3) is 0.778. The zero-order chi connectivity index (χ0) is 10.6. The van der Waals surface area contributed by atoms with Gasteiger partial charge in [-0.05, 0) is 18.8 Å². The molecule has 0 aliphatic heterocycles. The Kier molecular flexibility index (Phi) is 3.88. The van der Waals surface area contributed by atoms with Gasteiger partial charge in [0.1, 0.15) is 0 Å². The lowest BCUT2D eigenvalue weighted by molar-refractivity contribution is -0.150. The van der Waals surface area contributed by atoms with Gasteiger partial charge in [-0.1, -0.05) is 0 Å². The first kappa shape index (κ1) is 11.0. The molecule has 0 aromatic carbocycles. The smallest absolute Gasteiger partial charge is 0.336 e. The minimum Gasteiger partial charge on any atom is -0.467 e. The van der Waals surface area contributed by atoms with Crippen LogP contribution in [0.25, 0.3) is 0 Å². The molecule has 5 heteroatoms. The second kappa shape index (κ2) is 4.95. The Morgan fingerprint density at radius 3 is 2.71 bits per heavy atom. The Morgan fingerprint density at radius 2 is 2.21 bits per heavy atom. The van der Waals surface area contributed by atoms with Crippen molar-refractivity contribution >= 4 is 11.9 Å². The van der Waals surface area contributed by atoms with Crippen LogP contribution in [0.4, 0.5) is 0 Å².